The first kappa shape index (κ1) is 13.0. The lowest BCUT2D eigenvalue weighted by molar-refractivity contribution is 0.0944. The maximum atomic E-state index is 11.5. The van der Waals surface area contributed by atoms with Crippen molar-refractivity contribution in [3.05, 3.63) is 17.5 Å². The molecule has 0 aliphatic rings. The van der Waals surface area contributed by atoms with Crippen molar-refractivity contribution >= 4 is 17.5 Å². The molecule has 0 atom stereocenters. The summed E-state index contributed by atoms with van der Waals surface area (Å²) in [6, 6.07) is 1.63. The molecule has 1 amide bonds. The molecule has 0 aliphatic heterocycles. The molecule has 0 spiro atoms. The van der Waals surface area contributed by atoms with Gasteiger partial charge in [0.15, 0.2) is 5.69 Å². The number of rotatable bonds is 7. The highest BCUT2D eigenvalue weighted by molar-refractivity contribution is 6.17. The van der Waals surface area contributed by atoms with Crippen molar-refractivity contribution in [3.63, 3.8) is 0 Å². The Balaban J connectivity index is 2.11. The van der Waals surface area contributed by atoms with Gasteiger partial charge in [0.25, 0.3) is 5.91 Å². The number of aromatic nitrogens is 1. The zero-order chi connectivity index (χ0) is 11.8. The van der Waals surface area contributed by atoms with Gasteiger partial charge < -0.3 is 9.84 Å². The van der Waals surface area contributed by atoms with Crippen molar-refractivity contribution in [1.29, 1.82) is 0 Å². The van der Waals surface area contributed by atoms with Crippen molar-refractivity contribution < 1.29 is 9.32 Å². The number of nitrogens with zero attached hydrogens (tertiary/aromatic N) is 1. The molecule has 0 fully saturated rings. The number of alkyl halides is 1. The molecule has 1 N–H and O–H groups in total. The van der Waals surface area contributed by atoms with Crippen LogP contribution >= 0.6 is 11.6 Å². The molecule has 1 aromatic heterocycles. The van der Waals surface area contributed by atoms with Gasteiger partial charge in [0.1, 0.15) is 5.76 Å². The number of amides is 1. The predicted octanol–water partition coefficient (Wildman–Crippen LogP) is 2.51. The van der Waals surface area contributed by atoms with Crippen molar-refractivity contribution in [2.75, 3.05) is 12.4 Å². The normalized spacial score (nSPS) is 10.4. The van der Waals surface area contributed by atoms with E-state index in [1.165, 1.54) is 0 Å². The molecule has 5 heteroatoms. The highest BCUT2D eigenvalue weighted by Crippen LogP contribution is 2.02. The van der Waals surface area contributed by atoms with E-state index in [0.717, 1.165) is 25.7 Å². The first-order chi connectivity index (χ1) is 7.74. The summed E-state index contributed by atoms with van der Waals surface area (Å²) in [5, 5.41) is 6.43. The van der Waals surface area contributed by atoms with Gasteiger partial charge in [-0.05, 0) is 19.8 Å². The Bertz CT molecular complexity index is 326. The van der Waals surface area contributed by atoms with Crippen LogP contribution in [0.3, 0.4) is 0 Å². The van der Waals surface area contributed by atoms with Crippen LogP contribution in [0.1, 0.15) is 41.9 Å². The van der Waals surface area contributed by atoms with E-state index < -0.39 is 0 Å². The van der Waals surface area contributed by atoms with E-state index in [-0.39, 0.29) is 5.91 Å². The molecule has 0 saturated heterocycles. The predicted molar refractivity (Wildman–Crippen MR) is 62.8 cm³/mol. The summed E-state index contributed by atoms with van der Waals surface area (Å²) < 4.78 is 4.82. The van der Waals surface area contributed by atoms with E-state index in [1.54, 1.807) is 13.0 Å². The maximum absolute atomic E-state index is 11.5. The number of carbonyl (C=O) groups excluding carboxylic acids is 1. The van der Waals surface area contributed by atoms with Crippen LogP contribution in [0.5, 0.6) is 0 Å². The van der Waals surface area contributed by atoms with E-state index in [2.05, 4.69) is 10.5 Å². The summed E-state index contributed by atoms with van der Waals surface area (Å²) in [7, 11) is 0. The number of nitrogens with one attached hydrogen (secondary N) is 1. The van der Waals surface area contributed by atoms with Crippen molar-refractivity contribution in [1.82, 2.24) is 10.5 Å². The lowest BCUT2D eigenvalue weighted by Gasteiger charge is -2.01. The smallest absolute Gasteiger partial charge is 0.273 e. The number of hydrogen-bond acceptors (Lipinski definition) is 3. The number of carbonyl (C=O) groups is 1. The highest BCUT2D eigenvalue weighted by Gasteiger charge is 2.09. The largest absolute Gasteiger partial charge is 0.361 e. The molecule has 1 aromatic rings. The van der Waals surface area contributed by atoms with Gasteiger partial charge >= 0.3 is 0 Å². The third-order valence-electron chi connectivity index (χ3n) is 2.21. The molecule has 0 bridgehead atoms. The third-order valence-corrected chi connectivity index (χ3v) is 2.47. The summed E-state index contributed by atoms with van der Waals surface area (Å²) in [6.45, 7) is 2.43. The first-order valence-electron chi connectivity index (χ1n) is 5.51. The Labute approximate surface area is 100 Å². The summed E-state index contributed by atoms with van der Waals surface area (Å²) in [4.78, 5) is 11.5. The van der Waals surface area contributed by atoms with Crippen LogP contribution in [-0.2, 0) is 0 Å². The summed E-state index contributed by atoms with van der Waals surface area (Å²) in [6.07, 6.45) is 4.21. The summed E-state index contributed by atoms with van der Waals surface area (Å²) >= 11 is 5.56. The molecule has 0 saturated carbocycles. The molecule has 0 radical (unpaired) electrons. The minimum atomic E-state index is -0.172. The third kappa shape index (κ3) is 4.66. The molecule has 4 nitrogen and oxygen atoms in total. The van der Waals surface area contributed by atoms with Gasteiger partial charge in [-0.2, -0.15) is 0 Å². The molecular formula is C11H17ClN2O2. The second-order valence-corrected chi connectivity index (χ2v) is 4.06. The molecule has 1 heterocycles. The lowest BCUT2D eigenvalue weighted by atomic mass is 10.2. The van der Waals surface area contributed by atoms with E-state index in [0.29, 0.717) is 23.9 Å². The van der Waals surface area contributed by atoms with Gasteiger partial charge in [-0.25, -0.2) is 0 Å². The van der Waals surface area contributed by atoms with Crippen LogP contribution in [-0.4, -0.2) is 23.5 Å². The zero-order valence-electron chi connectivity index (χ0n) is 9.46. The van der Waals surface area contributed by atoms with E-state index >= 15 is 0 Å². The highest BCUT2D eigenvalue weighted by atomic mass is 35.5. The van der Waals surface area contributed by atoms with Crippen molar-refractivity contribution in [2.24, 2.45) is 0 Å². The minimum Gasteiger partial charge on any atom is -0.361 e. The maximum Gasteiger partial charge on any atom is 0.273 e. The van der Waals surface area contributed by atoms with Gasteiger partial charge in [-0.1, -0.05) is 18.0 Å². The zero-order valence-corrected chi connectivity index (χ0v) is 10.2. The lowest BCUT2D eigenvalue weighted by Crippen LogP contribution is -2.24. The Morgan fingerprint density at radius 2 is 2.19 bits per heavy atom. The molecular weight excluding hydrogens is 228 g/mol. The first-order valence-corrected chi connectivity index (χ1v) is 6.05. The van der Waals surface area contributed by atoms with Crippen LogP contribution in [0.2, 0.25) is 0 Å². The van der Waals surface area contributed by atoms with Crippen LogP contribution in [0, 0.1) is 6.92 Å². The number of halogens is 1. The van der Waals surface area contributed by atoms with E-state index in [9.17, 15) is 4.79 Å². The van der Waals surface area contributed by atoms with Gasteiger partial charge in [-0.15, -0.1) is 11.6 Å². The van der Waals surface area contributed by atoms with Gasteiger partial charge in [0.2, 0.25) is 0 Å². The molecule has 0 aromatic carbocycles. The number of unbranched alkanes of at least 4 members (excludes halogenated alkanes) is 3. The van der Waals surface area contributed by atoms with Gasteiger partial charge in [0, 0.05) is 18.5 Å². The second kappa shape index (κ2) is 7.28. The molecule has 0 aliphatic carbocycles. The SMILES string of the molecule is Cc1cc(C(=O)NCCCCCCCl)no1. The van der Waals surface area contributed by atoms with E-state index in [4.69, 9.17) is 16.1 Å². The molecule has 1 rings (SSSR count). The van der Waals surface area contributed by atoms with Crippen molar-refractivity contribution in [2.45, 2.75) is 32.6 Å². The topological polar surface area (TPSA) is 55.1 Å². The minimum absolute atomic E-state index is 0.172. The molecule has 90 valence electrons. The Morgan fingerprint density at radius 1 is 1.44 bits per heavy atom. The Kier molecular flexibility index (Phi) is 5.93. The summed E-state index contributed by atoms with van der Waals surface area (Å²) in [5.74, 6) is 1.19. The monoisotopic (exact) mass is 244 g/mol. The number of aryl methyl sites for hydroxylation is 1. The standard InChI is InChI=1S/C11H17ClN2O2/c1-9-8-10(14-16-9)11(15)13-7-5-3-2-4-6-12/h8H,2-7H2,1H3,(H,13,15). The quantitative estimate of drug-likeness (QED) is 0.592. The average molecular weight is 245 g/mol. The van der Waals surface area contributed by atoms with E-state index in [1.807, 2.05) is 0 Å². The number of hydrogen-bond donors (Lipinski definition) is 1. The van der Waals surface area contributed by atoms with Gasteiger partial charge in [0.05, 0.1) is 0 Å². The van der Waals surface area contributed by atoms with Crippen molar-refractivity contribution in [3.8, 4) is 0 Å². The Hall–Kier alpha value is -1.03. The second-order valence-electron chi connectivity index (χ2n) is 3.68. The molecule has 0 unspecified atom stereocenters. The fourth-order valence-electron chi connectivity index (χ4n) is 1.34. The average Bonchev–Trinajstić information content (AvgIpc) is 2.70. The van der Waals surface area contributed by atoms with Crippen LogP contribution in [0.4, 0.5) is 0 Å². The van der Waals surface area contributed by atoms with Crippen LogP contribution in [0.25, 0.3) is 0 Å². The van der Waals surface area contributed by atoms with Crippen LogP contribution < -0.4 is 5.32 Å². The molecule has 16 heavy (non-hydrogen) atoms. The fourth-order valence-corrected chi connectivity index (χ4v) is 1.53. The Morgan fingerprint density at radius 3 is 2.81 bits per heavy atom. The van der Waals surface area contributed by atoms with Crippen LogP contribution in [0.15, 0.2) is 10.6 Å². The fraction of sp³-hybridized carbons (Fsp3) is 0.636. The summed E-state index contributed by atoms with van der Waals surface area (Å²) in [5.41, 5.74) is 0.346. The van der Waals surface area contributed by atoms with Gasteiger partial charge in [-0.3, -0.25) is 4.79 Å².